The monoisotopic (exact) mass is 1840 g/mol. The van der Waals surface area contributed by atoms with E-state index in [0.29, 0.717) is 51.1 Å². The number of thioether (sulfide) groups is 2. The van der Waals surface area contributed by atoms with Gasteiger partial charge in [-0.1, -0.05) is 62.4 Å². The van der Waals surface area contributed by atoms with E-state index in [2.05, 4.69) is 45.1 Å². The fourth-order valence-electron chi connectivity index (χ4n) is 14.9. The first kappa shape index (κ1) is 98.7. The smallest absolute Gasteiger partial charge is 0.414 e. The van der Waals surface area contributed by atoms with Crippen LogP contribution in [0.3, 0.4) is 0 Å². The van der Waals surface area contributed by atoms with Gasteiger partial charge in [0.2, 0.25) is 55.5 Å². The Balaban J connectivity index is 0.952. The Bertz CT molecular complexity index is 4910. The van der Waals surface area contributed by atoms with Crippen molar-refractivity contribution in [2.24, 2.45) is 11.8 Å². The lowest BCUT2D eigenvalue weighted by Crippen LogP contribution is -2.55. The summed E-state index contributed by atoms with van der Waals surface area (Å²) in [5.41, 5.74) is 3.32. The summed E-state index contributed by atoms with van der Waals surface area (Å²) < 4.78 is 116. The number of ether oxygens (including phenoxy) is 10. The number of carbonyl (C=O) groups excluding carboxylic acids is 12. The molecule has 0 aliphatic carbocycles. The average Bonchev–Trinajstić information content (AvgIpc) is 1.64. The molecule has 4 aromatic carbocycles. The molecule has 0 spiro atoms. The molecular formula is C85H112N12O26S4. The largest absolute Gasteiger partial charge is 0.493 e. The van der Waals surface area contributed by atoms with Crippen LogP contribution in [0.25, 0.3) is 0 Å². The third-order valence-corrected chi connectivity index (χ3v) is 28.0. The summed E-state index contributed by atoms with van der Waals surface area (Å²) in [6.45, 7) is 11.6. The van der Waals surface area contributed by atoms with Crippen LogP contribution in [0.5, 0.6) is 23.0 Å². The lowest BCUT2D eigenvalue weighted by molar-refractivity contribution is -0.132. The Morgan fingerprint density at radius 3 is 1.46 bits per heavy atom. The molecule has 0 radical (unpaired) electrons. The molecule has 13 rings (SSSR count). The Kier molecular flexibility index (Phi) is 36.6. The molecule has 127 heavy (non-hydrogen) atoms. The van der Waals surface area contributed by atoms with Crippen molar-refractivity contribution in [3.05, 3.63) is 119 Å². The molecule has 7 atom stereocenters. The minimum absolute atomic E-state index is 0.00823. The van der Waals surface area contributed by atoms with Crippen LogP contribution in [0.2, 0.25) is 0 Å². The molecule has 10 amide bonds. The van der Waals surface area contributed by atoms with E-state index >= 15 is 0 Å². The molecule has 9 aliphatic heterocycles. The number of nitrogens with one attached hydrogen (secondary N) is 6. The van der Waals surface area contributed by atoms with E-state index in [9.17, 15) is 74.4 Å². The summed E-state index contributed by atoms with van der Waals surface area (Å²) in [6.07, 6.45) is -3.44. The van der Waals surface area contributed by atoms with Gasteiger partial charge in [0.1, 0.15) is 36.9 Å². The van der Waals surface area contributed by atoms with Crippen LogP contribution in [0.1, 0.15) is 110 Å². The summed E-state index contributed by atoms with van der Waals surface area (Å²) >= 11 is 2.38. The minimum atomic E-state index is -4.82. The SMILES string of the molecule is C=C1C[C@H]2CN3C(=O)OCc4ccc(cc4)NC(=O)[C@H](CCC(=O)NCCOCCOC)NC(=O)[C@H](C)CC(=O)CN4N(CC(=O)C[C@@H](C)C(=O)N[C@@H](CCC(=O)NCCOCCOC)C(=O)Nc5ccc(cc5)COC(=O)N5c6cc(c(OC)cc6C(=O)N6CC(=C)C[C@H]6C5C)OCCCOc5cc3c(cc5OC)C(=O)N2C1)S(=O)(=O)CCSCSCCS4(=O)=O. The maximum atomic E-state index is 14.8. The average molecular weight is 1850 g/mol. The second-order valence-corrected chi connectivity index (χ2v) is 37.8. The number of anilines is 4. The van der Waals surface area contributed by atoms with E-state index in [1.165, 1.54) is 124 Å². The third-order valence-electron chi connectivity index (χ3n) is 21.7. The third kappa shape index (κ3) is 27.3. The fraction of sp³-hybridized carbons (Fsp3) is 0.529. The summed E-state index contributed by atoms with van der Waals surface area (Å²) in [7, 11) is -3.83. The zero-order chi connectivity index (χ0) is 91.7. The molecule has 9 aliphatic rings. The van der Waals surface area contributed by atoms with E-state index in [0.717, 1.165) is 11.1 Å². The Morgan fingerprint density at radius 1 is 0.528 bits per heavy atom. The van der Waals surface area contributed by atoms with E-state index in [1.807, 2.05) is 0 Å². The van der Waals surface area contributed by atoms with Crippen LogP contribution >= 0.6 is 23.5 Å². The molecule has 38 nitrogen and oxygen atoms in total. The molecule has 0 saturated carbocycles. The molecule has 1 unspecified atom stereocenters. The number of benzene rings is 4. The summed E-state index contributed by atoms with van der Waals surface area (Å²) in [5, 5.41) is 16.4. The first-order valence-corrected chi connectivity index (χ1v) is 47.1. The number of rotatable bonds is 20. The zero-order valence-electron chi connectivity index (χ0n) is 72.2. The van der Waals surface area contributed by atoms with Crippen molar-refractivity contribution in [1.82, 2.24) is 39.9 Å². The predicted molar refractivity (Wildman–Crippen MR) is 471 cm³/mol. The maximum absolute atomic E-state index is 14.8. The van der Waals surface area contributed by atoms with Crippen molar-refractivity contribution in [2.75, 3.05) is 176 Å². The van der Waals surface area contributed by atoms with Gasteiger partial charge in [0.05, 0.1) is 139 Å². The number of fused-ring (bicyclic) bond motifs is 2. The Labute approximate surface area is 746 Å². The number of amides is 10. The highest BCUT2D eigenvalue weighted by Gasteiger charge is 2.47. The lowest BCUT2D eigenvalue weighted by Gasteiger charge is -2.33. The molecule has 3 saturated heterocycles. The molecule has 9 heterocycles. The lowest BCUT2D eigenvalue weighted by atomic mass is 10.0. The van der Waals surface area contributed by atoms with Gasteiger partial charge in [0, 0.05) is 124 Å². The predicted octanol–water partition coefficient (Wildman–Crippen LogP) is 5.58. The fourth-order valence-corrected chi connectivity index (χ4v) is 21.3. The molecular weight excluding hydrogens is 1730 g/mol. The standard InChI is InChI=1S/C85H112N12O26S4/c1-53-37-62-47-94-70-43-74(72(116-8)41-65(70)82(106)92(62)45-53)120-25-10-26-121-75-44-71-66(42-73(75)117-9)83(107)93-46-54(2)38-69(93)57(5)97(71)85(109)123-51-59-13-17-61(18-14-59)89-81(105)68(20-22-77(101)87-24-28-119-32-30-115-7)91-79(103)56(4)40-64(99)49-96-95(126(110,111)35-33-124-52-125-34-36-127(96,112)113)48-63(98)39-55(3)78(102)90-67(19-21-76(100)86-23-27-118-31-29-114-6)80(104)88-60-15-11-58(12-16-60)50-122-84(94)108/h11-18,41-44,55-57,62,67-69H,1-2,10,19-40,45-52H2,3-9H3,(H,86,100)(H,87,101)(H,88,104)(H,89,105)(H,90,102)(H,91,103)/t55-,56-,57?,62+,67+,68+,69+/m1/s1. The molecule has 42 heteroatoms. The van der Waals surface area contributed by atoms with E-state index in [1.54, 1.807) is 41.0 Å². The topological polar surface area (TPSA) is 457 Å². The quantitative estimate of drug-likeness (QED) is 0.0464. The number of ketones is 2. The van der Waals surface area contributed by atoms with Crippen LogP contribution in [0.15, 0.2) is 97.1 Å². The van der Waals surface area contributed by atoms with Crippen molar-refractivity contribution in [3.8, 4) is 23.0 Å². The number of hydrogen-bond donors (Lipinski definition) is 6. The van der Waals surface area contributed by atoms with Gasteiger partial charge in [-0.25, -0.2) is 26.4 Å². The van der Waals surface area contributed by atoms with Gasteiger partial charge in [-0.15, -0.1) is 32.4 Å². The Hall–Kier alpha value is -10.4. The van der Waals surface area contributed by atoms with Crippen molar-refractivity contribution in [1.29, 1.82) is 0 Å². The van der Waals surface area contributed by atoms with Crippen LogP contribution in [-0.2, 0) is 100 Å². The number of sulfonamides is 2. The summed E-state index contributed by atoms with van der Waals surface area (Å²) in [5.74, 6) is -10.9. The summed E-state index contributed by atoms with van der Waals surface area (Å²) in [6, 6.07) is 13.6. The highest BCUT2D eigenvalue weighted by molar-refractivity contribution is 8.16. The second-order valence-electron chi connectivity index (χ2n) is 31.2. The zero-order valence-corrected chi connectivity index (χ0v) is 75.5. The summed E-state index contributed by atoms with van der Waals surface area (Å²) in [4.78, 5) is 178. The minimum Gasteiger partial charge on any atom is -0.493 e. The molecule has 3 fully saturated rings. The van der Waals surface area contributed by atoms with Gasteiger partial charge in [-0.3, -0.25) is 57.7 Å². The van der Waals surface area contributed by atoms with Crippen molar-refractivity contribution < 1.29 is 122 Å². The maximum Gasteiger partial charge on any atom is 0.414 e. The van der Waals surface area contributed by atoms with Gasteiger partial charge in [-0.05, 0) is 80.1 Å². The van der Waals surface area contributed by atoms with Crippen molar-refractivity contribution in [2.45, 2.75) is 122 Å². The van der Waals surface area contributed by atoms with Crippen LogP contribution in [0.4, 0.5) is 32.3 Å². The molecule has 4 aromatic rings. The highest BCUT2D eigenvalue weighted by atomic mass is 32.2. The molecule has 6 N–H and O–H groups in total. The van der Waals surface area contributed by atoms with Gasteiger partial charge >= 0.3 is 12.2 Å². The highest BCUT2D eigenvalue weighted by Crippen LogP contribution is 2.44. The van der Waals surface area contributed by atoms with Crippen LogP contribution in [0, 0.1) is 11.8 Å². The van der Waals surface area contributed by atoms with Crippen molar-refractivity contribution in [3.63, 3.8) is 0 Å². The van der Waals surface area contributed by atoms with E-state index in [-0.39, 0.29) is 186 Å². The molecule has 692 valence electrons. The normalized spacial score (nSPS) is 22.8. The van der Waals surface area contributed by atoms with Gasteiger partial charge in [0.15, 0.2) is 23.0 Å². The molecule has 0 aromatic heterocycles. The van der Waals surface area contributed by atoms with Gasteiger partial charge in [-0.2, -0.15) is 0 Å². The first-order valence-electron chi connectivity index (χ1n) is 41.6. The second kappa shape index (κ2) is 47.0. The van der Waals surface area contributed by atoms with Crippen LogP contribution < -0.4 is 60.6 Å². The van der Waals surface area contributed by atoms with Crippen LogP contribution in [-0.4, -0.2) is 292 Å². The number of hydrazine groups is 1. The van der Waals surface area contributed by atoms with Gasteiger partial charge < -0.3 is 89.1 Å². The number of nitrogens with zero attached hydrogens (tertiary/aromatic N) is 6. The van der Waals surface area contributed by atoms with E-state index < -0.39 is 171 Å². The number of Topliss-reactive ketones (excluding diaryl/α,β-unsaturated/α-hetero) is 2. The molecule has 8 bridgehead atoms. The number of methoxy groups -OCH3 is 4. The Morgan fingerprint density at radius 2 is 0.976 bits per heavy atom. The number of carbonyl (C=O) groups is 12. The number of hydrogen-bond acceptors (Lipinski definition) is 28. The first-order chi connectivity index (χ1) is 60.8. The van der Waals surface area contributed by atoms with Crippen molar-refractivity contribution >= 4 is 137 Å². The van der Waals surface area contributed by atoms with E-state index in [4.69, 9.17) is 47.4 Å². The van der Waals surface area contributed by atoms with Gasteiger partial charge in [0.25, 0.3) is 11.8 Å².